The van der Waals surface area contributed by atoms with Crippen molar-refractivity contribution in [3.63, 3.8) is 0 Å². The van der Waals surface area contributed by atoms with Crippen molar-refractivity contribution in [2.75, 3.05) is 35.0 Å². The van der Waals surface area contributed by atoms with Gasteiger partial charge in [-0.3, -0.25) is 4.79 Å². The van der Waals surface area contributed by atoms with Gasteiger partial charge in [0, 0.05) is 5.56 Å². The highest BCUT2D eigenvalue weighted by Gasteiger charge is 2.18. The van der Waals surface area contributed by atoms with E-state index < -0.39 is 0 Å². The third-order valence-electron chi connectivity index (χ3n) is 4.95. The van der Waals surface area contributed by atoms with Gasteiger partial charge in [-0.05, 0) is 35.9 Å². The topological polar surface area (TPSA) is 93.4 Å². The van der Waals surface area contributed by atoms with Crippen LogP contribution >= 0.6 is 11.3 Å². The Morgan fingerprint density at radius 2 is 1.68 bits per heavy atom. The number of hydrogen-bond acceptors (Lipinski definition) is 9. The lowest BCUT2D eigenvalue weighted by atomic mass is 10.1. The zero-order valence-corrected chi connectivity index (χ0v) is 20.0. The fraction of sp³-hybridized carbons (Fsp3) is 0.208. The highest BCUT2D eigenvalue weighted by atomic mass is 32.1. The Balaban J connectivity index is 1.73. The van der Waals surface area contributed by atoms with Crippen LogP contribution in [0.1, 0.15) is 5.56 Å². The van der Waals surface area contributed by atoms with Gasteiger partial charge in [0.15, 0.2) is 28.8 Å². The molecule has 34 heavy (non-hydrogen) atoms. The molecule has 0 saturated heterocycles. The molecular formula is C24H23N3O6S. The van der Waals surface area contributed by atoms with E-state index in [1.54, 1.807) is 43.5 Å². The van der Waals surface area contributed by atoms with Gasteiger partial charge in [-0.1, -0.05) is 30.1 Å². The Hall–Kier alpha value is -4.05. The van der Waals surface area contributed by atoms with E-state index in [4.69, 9.17) is 23.7 Å². The summed E-state index contributed by atoms with van der Waals surface area (Å²) in [7, 11) is 6.16. The van der Waals surface area contributed by atoms with Gasteiger partial charge in [-0.15, -0.1) is 5.10 Å². The molecule has 2 aromatic carbocycles. The first-order chi connectivity index (χ1) is 16.5. The summed E-state index contributed by atoms with van der Waals surface area (Å²) in [5.74, 6) is 2.94. The number of rotatable bonds is 9. The average Bonchev–Trinajstić information content (AvgIpc) is 3.41. The number of fused-ring (bicyclic) bond motifs is 1. The largest absolute Gasteiger partial charge is 0.493 e. The lowest BCUT2D eigenvalue weighted by Crippen LogP contribution is -2.23. The number of nitrogens with zero attached hydrogens (tertiary/aromatic N) is 3. The first-order valence-corrected chi connectivity index (χ1v) is 11.0. The Labute approximate surface area is 199 Å². The predicted molar refractivity (Wildman–Crippen MR) is 130 cm³/mol. The van der Waals surface area contributed by atoms with E-state index in [2.05, 4.69) is 16.7 Å². The predicted octanol–water partition coefficient (Wildman–Crippen LogP) is 2.96. The summed E-state index contributed by atoms with van der Waals surface area (Å²) in [5.41, 5.74) is 1.15. The molecule has 10 heteroatoms. The molecule has 2 heterocycles. The van der Waals surface area contributed by atoms with Crippen LogP contribution in [0.2, 0.25) is 0 Å². The standard InChI is InChI=1S/C24H23N3O6S/c1-6-9-33-16-8-7-14(10-17(16)29-2)11-20-23(28)27-24(34-20)25-22(26-27)15-12-18(30-3)21(32-5)19(13-15)31-4/h6-8,10-13H,1,9H2,2-5H3/b20-11-. The minimum Gasteiger partial charge on any atom is -0.493 e. The van der Waals surface area contributed by atoms with Crippen LogP contribution < -0.4 is 33.8 Å². The van der Waals surface area contributed by atoms with Crippen molar-refractivity contribution in [1.82, 2.24) is 14.6 Å². The Bertz CT molecular complexity index is 1430. The molecule has 0 atom stereocenters. The van der Waals surface area contributed by atoms with E-state index >= 15 is 0 Å². The molecule has 0 N–H and O–H groups in total. The van der Waals surface area contributed by atoms with Crippen molar-refractivity contribution in [2.45, 2.75) is 0 Å². The molecule has 4 rings (SSSR count). The average molecular weight is 482 g/mol. The monoisotopic (exact) mass is 481 g/mol. The fourth-order valence-electron chi connectivity index (χ4n) is 3.36. The van der Waals surface area contributed by atoms with Crippen molar-refractivity contribution in [1.29, 1.82) is 0 Å². The summed E-state index contributed by atoms with van der Waals surface area (Å²) in [6.07, 6.45) is 3.42. The van der Waals surface area contributed by atoms with Crippen LogP contribution in [0.3, 0.4) is 0 Å². The molecule has 0 aliphatic carbocycles. The highest BCUT2D eigenvalue weighted by Crippen LogP contribution is 2.40. The molecule has 0 fully saturated rings. The highest BCUT2D eigenvalue weighted by molar-refractivity contribution is 7.15. The molecule has 0 bridgehead atoms. The molecule has 0 aliphatic heterocycles. The number of methoxy groups -OCH3 is 4. The normalized spacial score (nSPS) is 11.5. The second kappa shape index (κ2) is 9.84. The van der Waals surface area contributed by atoms with Crippen molar-refractivity contribution >= 4 is 22.4 Å². The minimum atomic E-state index is -0.267. The van der Waals surface area contributed by atoms with E-state index in [0.717, 1.165) is 5.56 Å². The third kappa shape index (κ3) is 4.27. The Morgan fingerprint density at radius 3 is 2.26 bits per heavy atom. The molecule has 0 radical (unpaired) electrons. The molecule has 0 saturated carbocycles. The van der Waals surface area contributed by atoms with Crippen LogP contribution in [0.25, 0.3) is 22.4 Å². The Morgan fingerprint density at radius 1 is 0.971 bits per heavy atom. The zero-order valence-electron chi connectivity index (χ0n) is 19.2. The van der Waals surface area contributed by atoms with Gasteiger partial charge in [0.1, 0.15) is 6.61 Å². The zero-order chi connectivity index (χ0) is 24.2. The maximum Gasteiger partial charge on any atom is 0.291 e. The molecule has 0 amide bonds. The molecule has 176 valence electrons. The summed E-state index contributed by atoms with van der Waals surface area (Å²) in [6.45, 7) is 4.01. The lowest BCUT2D eigenvalue weighted by Gasteiger charge is -2.12. The van der Waals surface area contributed by atoms with Crippen LogP contribution in [0.15, 0.2) is 47.8 Å². The number of thiazole rings is 1. The summed E-state index contributed by atoms with van der Waals surface area (Å²) in [5, 5.41) is 4.41. The summed E-state index contributed by atoms with van der Waals surface area (Å²) >= 11 is 1.24. The number of hydrogen-bond donors (Lipinski definition) is 0. The summed E-state index contributed by atoms with van der Waals surface area (Å²) < 4.78 is 28.9. The van der Waals surface area contributed by atoms with Crippen molar-refractivity contribution in [2.24, 2.45) is 0 Å². The van der Waals surface area contributed by atoms with Gasteiger partial charge in [-0.25, -0.2) is 0 Å². The maximum atomic E-state index is 13.0. The van der Waals surface area contributed by atoms with Crippen molar-refractivity contribution in [3.8, 4) is 40.1 Å². The second-order valence-electron chi connectivity index (χ2n) is 6.97. The van der Waals surface area contributed by atoms with E-state index in [-0.39, 0.29) is 5.56 Å². The minimum absolute atomic E-state index is 0.267. The van der Waals surface area contributed by atoms with Gasteiger partial charge in [0.2, 0.25) is 10.7 Å². The van der Waals surface area contributed by atoms with Gasteiger partial charge < -0.3 is 23.7 Å². The van der Waals surface area contributed by atoms with E-state index in [1.165, 1.54) is 37.2 Å². The second-order valence-corrected chi connectivity index (χ2v) is 7.98. The van der Waals surface area contributed by atoms with Gasteiger partial charge in [-0.2, -0.15) is 9.50 Å². The smallest absolute Gasteiger partial charge is 0.291 e. The maximum absolute atomic E-state index is 13.0. The van der Waals surface area contributed by atoms with Gasteiger partial charge in [0.25, 0.3) is 5.56 Å². The van der Waals surface area contributed by atoms with E-state index in [1.807, 2.05) is 6.07 Å². The van der Waals surface area contributed by atoms with E-state index in [0.29, 0.717) is 56.2 Å². The first-order valence-electron chi connectivity index (χ1n) is 10.2. The van der Waals surface area contributed by atoms with Crippen LogP contribution in [0, 0.1) is 0 Å². The van der Waals surface area contributed by atoms with Gasteiger partial charge >= 0.3 is 0 Å². The number of ether oxygens (including phenoxy) is 5. The van der Waals surface area contributed by atoms with Crippen LogP contribution in [-0.2, 0) is 0 Å². The van der Waals surface area contributed by atoms with Crippen molar-refractivity contribution in [3.05, 3.63) is 63.4 Å². The van der Waals surface area contributed by atoms with Gasteiger partial charge in [0.05, 0.1) is 33.0 Å². The molecule has 4 aromatic rings. The van der Waals surface area contributed by atoms with E-state index in [9.17, 15) is 4.79 Å². The third-order valence-corrected chi connectivity index (χ3v) is 5.91. The van der Waals surface area contributed by atoms with Crippen molar-refractivity contribution < 1.29 is 23.7 Å². The molecular weight excluding hydrogens is 458 g/mol. The first kappa shape index (κ1) is 23.1. The summed E-state index contributed by atoms with van der Waals surface area (Å²) in [4.78, 5) is 18.0. The molecule has 2 aromatic heterocycles. The quantitative estimate of drug-likeness (QED) is 0.337. The summed E-state index contributed by atoms with van der Waals surface area (Å²) in [6, 6.07) is 8.91. The van der Waals surface area contributed by atoms with Crippen LogP contribution in [0.4, 0.5) is 0 Å². The van der Waals surface area contributed by atoms with Crippen LogP contribution in [0.5, 0.6) is 28.7 Å². The lowest BCUT2D eigenvalue weighted by molar-refractivity contribution is 0.324. The number of aromatic nitrogens is 3. The fourth-order valence-corrected chi connectivity index (χ4v) is 4.27. The van der Waals surface area contributed by atoms with Crippen LogP contribution in [-0.4, -0.2) is 49.6 Å². The molecule has 0 unspecified atom stereocenters. The molecule has 0 aliphatic rings. The molecule has 9 nitrogen and oxygen atoms in total. The Kier molecular flexibility index (Phi) is 6.69. The SMILES string of the molecule is C=CCOc1ccc(/C=c2\sc3nc(-c4cc(OC)c(OC)c(OC)c4)nn3c2=O)cc1OC. The molecule has 0 spiro atoms. The number of benzene rings is 2.